The van der Waals surface area contributed by atoms with Crippen LogP contribution in [0.4, 0.5) is 10.8 Å². The van der Waals surface area contributed by atoms with E-state index in [1.54, 1.807) is 0 Å². The average molecular weight is 389 g/mol. The van der Waals surface area contributed by atoms with Gasteiger partial charge in [-0.3, -0.25) is 15.0 Å². The molecule has 1 aromatic heterocycles. The van der Waals surface area contributed by atoms with E-state index in [4.69, 9.17) is 4.74 Å². The topological polar surface area (TPSA) is 57.7 Å². The minimum Gasteiger partial charge on any atom is -0.379 e. The van der Waals surface area contributed by atoms with Crippen molar-refractivity contribution >= 4 is 28.1 Å². The SMILES string of the molecule is CCN(c1ccc(C(=O)Nc2nc(CN3CCOCC3)cs2)cc1)C(C)C. The number of carbonyl (C=O) groups is 1. The van der Waals surface area contributed by atoms with Crippen molar-refractivity contribution < 1.29 is 9.53 Å². The molecule has 27 heavy (non-hydrogen) atoms. The van der Waals surface area contributed by atoms with Gasteiger partial charge in [-0.2, -0.15) is 0 Å². The van der Waals surface area contributed by atoms with Gasteiger partial charge < -0.3 is 9.64 Å². The second-order valence-electron chi connectivity index (χ2n) is 6.91. The number of anilines is 2. The first kappa shape index (κ1) is 19.8. The molecular formula is C20H28N4O2S. The number of benzene rings is 1. The summed E-state index contributed by atoms with van der Waals surface area (Å²) in [5.74, 6) is -0.124. The van der Waals surface area contributed by atoms with Gasteiger partial charge in [0.05, 0.1) is 18.9 Å². The Morgan fingerprint density at radius 3 is 2.63 bits per heavy atom. The fourth-order valence-corrected chi connectivity index (χ4v) is 3.94. The molecule has 0 aliphatic carbocycles. The number of nitrogens with one attached hydrogen (secondary N) is 1. The van der Waals surface area contributed by atoms with Crippen LogP contribution in [0.5, 0.6) is 0 Å². The van der Waals surface area contributed by atoms with Crippen molar-refractivity contribution in [3.05, 3.63) is 40.9 Å². The minimum atomic E-state index is -0.124. The summed E-state index contributed by atoms with van der Waals surface area (Å²) in [6.07, 6.45) is 0. The van der Waals surface area contributed by atoms with E-state index in [9.17, 15) is 4.79 Å². The molecule has 1 aromatic carbocycles. The van der Waals surface area contributed by atoms with Crippen LogP contribution < -0.4 is 10.2 Å². The fraction of sp³-hybridized carbons (Fsp3) is 0.500. The van der Waals surface area contributed by atoms with Crippen LogP contribution in [0.25, 0.3) is 0 Å². The Bertz CT molecular complexity index is 739. The van der Waals surface area contributed by atoms with Crippen LogP contribution >= 0.6 is 11.3 Å². The number of morpholine rings is 1. The number of carbonyl (C=O) groups excluding carboxylic acids is 1. The second kappa shape index (κ2) is 9.30. The molecule has 0 saturated carbocycles. The van der Waals surface area contributed by atoms with Gasteiger partial charge in [0.25, 0.3) is 5.91 Å². The number of hydrogen-bond acceptors (Lipinski definition) is 6. The summed E-state index contributed by atoms with van der Waals surface area (Å²) in [6.45, 7) is 11.6. The number of thiazole rings is 1. The molecule has 1 aliphatic rings. The number of nitrogens with zero attached hydrogens (tertiary/aromatic N) is 3. The van der Waals surface area contributed by atoms with Crippen LogP contribution in [-0.4, -0.2) is 54.7 Å². The summed E-state index contributed by atoms with van der Waals surface area (Å²) in [6, 6.07) is 8.18. The van der Waals surface area contributed by atoms with Gasteiger partial charge in [0.2, 0.25) is 0 Å². The molecule has 0 bridgehead atoms. The molecule has 1 fully saturated rings. The smallest absolute Gasteiger partial charge is 0.257 e. The van der Waals surface area contributed by atoms with Crippen LogP contribution in [0.3, 0.4) is 0 Å². The summed E-state index contributed by atoms with van der Waals surface area (Å²) >= 11 is 1.47. The van der Waals surface area contributed by atoms with Crippen LogP contribution in [0.15, 0.2) is 29.6 Å². The van der Waals surface area contributed by atoms with Crippen LogP contribution in [0.1, 0.15) is 36.8 Å². The highest BCUT2D eigenvalue weighted by Gasteiger charge is 2.14. The lowest BCUT2D eigenvalue weighted by Crippen LogP contribution is -2.35. The zero-order valence-corrected chi connectivity index (χ0v) is 17.1. The third-order valence-electron chi connectivity index (χ3n) is 4.69. The van der Waals surface area contributed by atoms with Crippen LogP contribution in [0, 0.1) is 0 Å². The molecule has 6 nitrogen and oxygen atoms in total. The number of rotatable bonds is 7. The summed E-state index contributed by atoms with van der Waals surface area (Å²) in [4.78, 5) is 21.7. The van der Waals surface area contributed by atoms with E-state index in [2.05, 4.69) is 40.9 Å². The van der Waals surface area contributed by atoms with E-state index < -0.39 is 0 Å². The molecule has 0 spiro atoms. The molecule has 0 unspecified atom stereocenters. The molecule has 0 radical (unpaired) electrons. The van der Waals surface area contributed by atoms with Gasteiger partial charge in [-0.05, 0) is 45.0 Å². The number of hydrogen-bond donors (Lipinski definition) is 1. The lowest BCUT2D eigenvalue weighted by atomic mass is 10.1. The van der Waals surface area contributed by atoms with Gasteiger partial charge in [0, 0.05) is 48.9 Å². The Kier molecular flexibility index (Phi) is 6.82. The monoisotopic (exact) mass is 388 g/mol. The third-order valence-corrected chi connectivity index (χ3v) is 5.49. The zero-order valence-electron chi connectivity index (χ0n) is 16.3. The molecule has 1 N–H and O–H groups in total. The Hall–Kier alpha value is -1.96. The van der Waals surface area contributed by atoms with Gasteiger partial charge >= 0.3 is 0 Å². The number of aromatic nitrogens is 1. The number of amides is 1. The Morgan fingerprint density at radius 2 is 2.00 bits per heavy atom. The Balaban J connectivity index is 1.58. The van der Waals surface area contributed by atoms with Gasteiger partial charge in [0.1, 0.15) is 0 Å². The Morgan fingerprint density at radius 1 is 1.30 bits per heavy atom. The first-order chi connectivity index (χ1) is 13.1. The molecule has 3 rings (SSSR count). The first-order valence-electron chi connectivity index (χ1n) is 9.49. The summed E-state index contributed by atoms with van der Waals surface area (Å²) in [5.41, 5.74) is 2.76. The lowest BCUT2D eigenvalue weighted by Gasteiger charge is -2.27. The maximum atomic E-state index is 12.5. The van der Waals surface area contributed by atoms with Crippen LogP contribution in [-0.2, 0) is 11.3 Å². The maximum absolute atomic E-state index is 12.5. The highest BCUT2D eigenvalue weighted by molar-refractivity contribution is 7.13. The number of ether oxygens (including phenoxy) is 1. The van der Waals surface area contributed by atoms with E-state index in [1.807, 2.05) is 29.6 Å². The van der Waals surface area contributed by atoms with E-state index in [1.165, 1.54) is 11.3 Å². The fourth-order valence-electron chi connectivity index (χ4n) is 3.24. The molecule has 1 aliphatic heterocycles. The minimum absolute atomic E-state index is 0.124. The predicted octanol–water partition coefficient (Wildman–Crippen LogP) is 3.46. The lowest BCUT2D eigenvalue weighted by molar-refractivity contribution is 0.0337. The van der Waals surface area contributed by atoms with Crippen molar-refractivity contribution in [3.63, 3.8) is 0 Å². The summed E-state index contributed by atoms with van der Waals surface area (Å²) in [7, 11) is 0. The molecule has 7 heteroatoms. The first-order valence-corrected chi connectivity index (χ1v) is 10.4. The largest absolute Gasteiger partial charge is 0.379 e. The van der Waals surface area contributed by atoms with Gasteiger partial charge in [-0.15, -0.1) is 11.3 Å². The van der Waals surface area contributed by atoms with Crippen LogP contribution in [0.2, 0.25) is 0 Å². The molecule has 146 valence electrons. The molecule has 0 atom stereocenters. The second-order valence-corrected chi connectivity index (χ2v) is 7.77. The standard InChI is InChI=1S/C20H28N4O2S/c1-4-24(15(2)3)18-7-5-16(6-8-18)19(25)22-20-21-17(14-27-20)13-23-9-11-26-12-10-23/h5-8,14-15H,4,9-13H2,1-3H3,(H,21,22,25). The molecule has 1 saturated heterocycles. The van der Waals surface area contributed by atoms with Crippen molar-refractivity contribution in [2.45, 2.75) is 33.4 Å². The predicted molar refractivity (Wildman–Crippen MR) is 111 cm³/mol. The van der Waals surface area contributed by atoms with Crippen molar-refractivity contribution in [2.24, 2.45) is 0 Å². The van der Waals surface area contributed by atoms with E-state index in [-0.39, 0.29) is 5.91 Å². The molecular weight excluding hydrogens is 360 g/mol. The van der Waals surface area contributed by atoms with E-state index in [0.717, 1.165) is 50.8 Å². The van der Waals surface area contributed by atoms with Crippen molar-refractivity contribution in [3.8, 4) is 0 Å². The molecule has 2 heterocycles. The molecule has 1 amide bonds. The Labute approximate surface area is 165 Å². The quantitative estimate of drug-likeness (QED) is 0.787. The van der Waals surface area contributed by atoms with Crippen molar-refractivity contribution in [2.75, 3.05) is 43.1 Å². The average Bonchev–Trinajstić information content (AvgIpc) is 3.10. The summed E-state index contributed by atoms with van der Waals surface area (Å²) < 4.78 is 5.37. The van der Waals surface area contributed by atoms with Gasteiger partial charge in [0.15, 0.2) is 5.13 Å². The normalized spacial score (nSPS) is 15.1. The zero-order chi connectivity index (χ0) is 19.2. The molecule has 2 aromatic rings. The van der Waals surface area contributed by atoms with Crippen molar-refractivity contribution in [1.29, 1.82) is 0 Å². The van der Waals surface area contributed by atoms with Gasteiger partial charge in [-0.25, -0.2) is 4.98 Å². The van der Waals surface area contributed by atoms with Crippen molar-refractivity contribution in [1.82, 2.24) is 9.88 Å². The van der Waals surface area contributed by atoms with E-state index in [0.29, 0.717) is 16.7 Å². The van der Waals surface area contributed by atoms with E-state index >= 15 is 0 Å². The highest BCUT2D eigenvalue weighted by Crippen LogP contribution is 2.20. The third kappa shape index (κ3) is 5.28. The maximum Gasteiger partial charge on any atom is 0.257 e. The highest BCUT2D eigenvalue weighted by atomic mass is 32.1. The summed E-state index contributed by atoms with van der Waals surface area (Å²) in [5, 5.41) is 5.57. The van der Waals surface area contributed by atoms with Gasteiger partial charge in [-0.1, -0.05) is 0 Å².